The second-order valence-corrected chi connectivity index (χ2v) is 5.77. The zero-order valence-corrected chi connectivity index (χ0v) is 13.1. The first-order valence-corrected chi connectivity index (χ1v) is 6.84. The van der Waals surface area contributed by atoms with Crippen LogP contribution in [0, 0.1) is 5.41 Å². The lowest BCUT2D eigenvalue weighted by Crippen LogP contribution is -2.25. The van der Waals surface area contributed by atoms with Crippen LogP contribution in [0.3, 0.4) is 0 Å². The van der Waals surface area contributed by atoms with Crippen LogP contribution in [0.5, 0.6) is 0 Å². The average Bonchev–Trinajstić information content (AvgIpc) is 2.42. The van der Waals surface area contributed by atoms with Gasteiger partial charge in [0.15, 0.2) is 0 Å². The van der Waals surface area contributed by atoms with E-state index in [1.165, 1.54) is 0 Å². The largest absolute Gasteiger partial charge is 0.396 e. The van der Waals surface area contributed by atoms with E-state index < -0.39 is 0 Å². The summed E-state index contributed by atoms with van der Waals surface area (Å²) in [6.45, 7) is 5.28. The van der Waals surface area contributed by atoms with Crippen LogP contribution >= 0.6 is 0 Å². The van der Waals surface area contributed by atoms with Crippen molar-refractivity contribution in [2.75, 3.05) is 49.8 Å². The molecule has 0 aliphatic heterocycles. The number of aromatic nitrogens is 3. The number of nitrogens with one attached hydrogen (secondary N) is 2. The zero-order chi connectivity index (χ0) is 15.2. The molecule has 0 bridgehead atoms. The minimum Gasteiger partial charge on any atom is -0.396 e. The van der Waals surface area contributed by atoms with Gasteiger partial charge in [0.05, 0.1) is 0 Å². The van der Waals surface area contributed by atoms with Crippen molar-refractivity contribution in [1.82, 2.24) is 15.0 Å². The second-order valence-electron chi connectivity index (χ2n) is 5.77. The van der Waals surface area contributed by atoms with Crippen LogP contribution in [-0.2, 0) is 0 Å². The van der Waals surface area contributed by atoms with Gasteiger partial charge in [0.1, 0.15) is 0 Å². The molecule has 0 aromatic carbocycles. The Hall–Kier alpha value is -1.63. The van der Waals surface area contributed by atoms with Crippen molar-refractivity contribution in [3.05, 3.63) is 0 Å². The quantitative estimate of drug-likeness (QED) is 0.660. The minimum absolute atomic E-state index is 0.0768. The summed E-state index contributed by atoms with van der Waals surface area (Å²) in [5.74, 6) is 1.71. The Morgan fingerprint density at radius 2 is 1.80 bits per heavy atom. The number of hydrogen-bond donors (Lipinski definition) is 3. The van der Waals surface area contributed by atoms with E-state index in [1.807, 2.05) is 19.0 Å². The fraction of sp³-hybridized carbons (Fsp3) is 0.769. The first-order valence-electron chi connectivity index (χ1n) is 6.84. The second kappa shape index (κ2) is 7.23. The Balaban J connectivity index is 2.74. The Bertz CT molecular complexity index is 421. The molecule has 20 heavy (non-hydrogen) atoms. The molecule has 7 heteroatoms. The lowest BCUT2D eigenvalue weighted by Gasteiger charge is -2.24. The topological polar surface area (TPSA) is 86.2 Å². The number of nitrogens with zero attached hydrogens (tertiary/aromatic N) is 4. The monoisotopic (exact) mass is 282 g/mol. The van der Waals surface area contributed by atoms with E-state index in [9.17, 15) is 0 Å². The predicted molar refractivity (Wildman–Crippen MR) is 82.3 cm³/mol. The first kappa shape index (κ1) is 16.4. The Morgan fingerprint density at radius 1 is 1.15 bits per heavy atom. The molecular weight excluding hydrogens is 256 g/mol. The maximum absolute atomic E-state index is 8.91. The van der Waals surface area contributed by atoms with Gasteiger partial charge in [-0.3, -0.25) is 0 Å². The molecule has 3 N–H and O–H groups in total. The fourth-order valence-electron chi connectivity index (χ4n) is 1.72. The molecule has 0 saturated heterocycles. The van der Waals surface area contributed by atoms with Gasteiger partial charge in [-0.1, -0.05) is 13.8 Å². The van der Waals surface area contributed by atoms with Gasteiger partial charge in [-0.2, -0.15) is 15.0 Å². The van der Waals surface area contributed by atoms with Gasteiger partial charge >= 0.3 is 0 Å². The number of anilines is 3. The molecule has 0 amide bonds. The summed E-state index contributed by atoms with van der Waals surface area (Å²) in [5.41, 5.74) is 0.0768. The lowest BCUT2D eigenvalue weighted by atomic mass is 9.88. The number of aliphatic hydroxyl groups excluding tert-OH is 1. The van der Waals surface area contributed by atoms with Crippen LogP contribution in [0.1, 0.15) is 26.7 Å². The van der Waals surface area contributed by atoms with Crippen LogP contribution in [0.25, 0.3) is 0 Å². The van der Waals surface area contributed by atoms with Crippen molar-refractivity contribution in [2.24, 2.45) is 5.41 Å². The molecule has 1 aromatic rings. The molecule has 0 fully saturated rings. The standard InChI is InChI=1S/C13H26N6O/c1-13(2,7-6-8-20)9-15-11-16-10(14-3)17-12(18-11)19(4)5/h20H,6-9H2,1-5H3,(H2,14,15,16,17,18). The van der Waals surface area contributed by atoms with Crippen molar-refractivity contribution >= 4 is 17.8 Å². The highest BCUT2D eigenvalue weighted by Gasteiger charge is 2.18. The number of rotatable bonds is 8. The third kappa shape index (κ3) is 5.16. The van der Waals surface area contributed by atoms with Crippen molar-refractivity contribution in [2.45, 2.75) is 26.7 Å². The van der Waals surface area contributed by atoms with Gasteiger partial charge in [0, 0.05) is 34.3 Å². The third-order valence-electron chi connectivity index (χ3n) is 2.98. The summed E-state index contributed by atoms with van der Waals surface area (Å²) in [6, 6.07) is 0. The predicted octanol–water partition coefficient (Wildman–Crippen LogP) is 1.19. The molecule has 1 rings (SSSR count). The molecule has 0 radical (unpaired) electrons. The summed E-state index contributed by atoms with van der Waals surface area (Å²) in [7, 11) is 5.57. The van der Waals surface area contributed by atoms with Gasteiger partial charge in [-0.05, 0) is 18.3 Å². The zero-order valence-electron chi connectivity index (χ0n) is 13.1. The molecule has 1 heterocycles. The summed E-state index contributed by atoms with van der Waals surface area (Å²) in [6.07, 6.45) is 1.75. The lowest BCUT2D eigenvalue weighted by molar-refractivity contribution is 0.247. The maximum atomic E-state index is 8.91. The first-order chi connectivity index (χ1) is 9.38. The molecule has 7 nitrogen and oxygen atoms in total. The fourth-order valence-corrected chi connectivity index (χ4v) is 1.72. The van der Waals surface area contributed by atoms with Gasteiger partial charge in [-0.25, -0.2) is 0 Å². The SMILES string of the molecule is CNc1nc(NCC(C)(C)CCCO)nc(N(C)C)n1. The number of hydrogen-bond acceptors (Lipinski definition) is 7. The maximum Gasteiger partial charge on any atom is 0.231 e. The Morgan fingerprint density at radius 3 is 2.35 bits per heavy atom. The van der Waals surface area contributed by atoms with Crippen LogP contribution in [0.4, 0.5) is 17.8 Å². The summed E-state index contributed by atoms with van der Waals surface area (Å²) in [5, 5.41) is 15.1. The molecule has 1 aromatic heterocycles. The molecular formula is C13H26N6O. The van der Waals surface area contributed by atoms with Crippen molar-refractivity contribution in [3.63, 3.8) is 0 Å². The smallest absolute Gasteiger partial charge is 0.231 e. The van der Waals surface area contributed by atoms with Crippen LogP contribution in [0.2, 0.25) is 0 Å². The van der Waals surface area contributed by atoms with E-state index in [2.05, 4.69) is 39.4 Å². The highest BCUT2D eigenvalue weighted by Crippen LogP contribution is 2.22. The summed E-state index contributed by atoms with van der Waals surface area (Å²) >= 11 is 0. The van der Waals surface area contributed by atoms with Gasteiger partial charge in [0.25, 0.3) is 0 Å². The van der Waals surface area contributed by atoms with E-state index in [-0.39, 0.29) is 12.0 Å². The van der Waals surface area contributed by atoms with Crippen molar-refractivity contribution in [1.29, 1.82) is 0 Å². The van der Waals surface area contributed by atoms with Crippen LogP contribution in [0.15, 0.2) is 0 Å². The number of aliphatic hydroxyl groups is 1. The van der Waals surface area contributed by atoms with Gasteiger partial charge < -0.3 is 20.6 Å². The highest BCUT2D eigenvalue weighted by atomic mass is 16.2. The van der Waals surface area contributed by atoms with E-state index in [4.69, 9.17) is 5.11 Å². The highest BCUT2D eigenvalue weighted by molar-refractivity contribution is 5.42. The molecule has 0 aliphatic rings. The minimum atomic E-state index is 0.0768. The molecule has 0 atom stereocenters. The van der Waals surface area contributed by atoms with E-state index in [0.29, 0.717) is 17.8 Å². The average molecular weight is 282 g/mol. The summed E-state index contributed by atoms with van der Waals surface area (Å²) < 4.78 is 0. The molecule has 0 unspecified atom stereocenters. The molecule has 114 valence electrons. The summed E-state index contributed by atoms with van der Waals surface area (Å²) in [4.78, 5) is 14.8. The van der Waals surface area contributed by atoms with Crippen molar-refractivity contribution in [3.8, 4) is 0 Å². The molecule has 0 aliphatic carbocycles. The molecule has 0 spiro atoms. The van der Waals surface area contributed by atoms with Gasteiger partial charge in [-0.15, -0.1) is 0 Å². The van der Waals surface area contributed by atoms with E-state index >= 15 is 0 Å². The van der Waals surface area contributed by atoms with Crippen molar-refractivity contribution < 1.29 is 5.11 Å². The molecule has 0 saturated carbocycles. The Kier molecular flexibility index (Phi) is 5.94. The van der Waals surface area contributed by atoms with E-state index in [0.717, 1.165) is 19.4 Å². The van der Waals surface area contributed by atoms with Crippen LogP contribution < -0.4 is 15.5 Å². The van der Waals surface area contributed by atoms with E-state index in [1.54, 1.807) is 7.05 Å². The van der Waals surface area contributed by atoms with Gasteiger partial charge in [0.2, 0.25) is 17.8 Å². The normalized spacial score (nSPS) is 11.3. The van der Waals surface area contributed by atoms with Crippen LogP contribution in [-0.4, -0.2) is 54.4 Å². The third-order valence-corrected chi connectivity index (χ3v) is 2.98. The Labute approximate surface area is 120 Å².